The van der Waals surface area contributed by atoms with E-state index in [1.165, 1.54) is 6.07 Å². The van der Waals surface area contributed by atoms with Crippen molar-refractivity contribution >= 4 is 22.2 Å². The summed E-state index contributed by atoms with van der Waals surface area (Å²) in [6.07, 6.45) is -5.82. The smallest absolute Gasteiger partial charge is 0.307 e. The van der Waals surface area contributed by atoms with Crippen molar-refractivity contribution in [2.24, 2.45) is 5.84 Å². The lowest BCUT2D eigenvalue weighted by molar-refractivity contribution is -0.293. The molecule has 0 radical (unpaired) electrons. The van der Waals surface area contributed by atoms with Crippen molar-refractivity contribution in [1.29, 1.82) is 0 Å². The average molecular weight is 318 g/mol. The van der Waals surface area contributed by atoms with E-state index in [-0.39, 0.29) is 16.9 Å². The van der Waals surface area contributed by atoms with Gasteiger partial charge in [-0.15, -0.1) is 15.3 Å². The van der Waals surface area contributed by atoms with Gasteiger partial charge in [-0.1, -0.05) is 24.3 Å². The lowest BCUT2D eigenvalue weighted by atomic mass is 10.2. The first-order valence-electron chi connectivity index (χ1n) is 5.83. The minimum Gasteiger partial charge on any atom is -0.307 e. The number of fused-ring (bicyclic) bond motifs is 3. The fourth-order valence-electron chi connectivity index (χ4n) is 2.01. The molecule has 0 saturated carbocycles. The summed E-state index contributed by atoms with van der Waals surface area (Å²) in [5.41, 5.74) is 1.93. The molecule has 0 amide bonds. The van der Waals surface area contributed by atoms with E-state index in [1.54, 1.807) is 18.2 Å². The third kappa shape index (κ3) is 1.85. The molecule has 0 spiro atoms. The van der Waals surface area contributed by atoms with Gasteiger partial charge in [-0.25, -0.2) is 5.84 Å². The SMILES string of the molecule is NNc1nn2c(C(F)(F)C(F)(F)F)nnc2c2ccccc12. The van der Waals surface area contributed by atoms with Gasteiger partial charge in [0.15, 0.2) is 11.5 Å². The van der Waals surface area contributed by atoms with Crippen molar-refractivity contribution < 1.29 is 22.0 Å². The van der Waals surface area contributed by atoms with Gasteiger partial charge < -0.3 is 5.43 Å². The molecule has 0 atom stereocenters. The van der Waals surface area contributed by atoms with E-state index < -0.39 is 17.9 Å². The molecule has 2 aromatic heterocycles. The highest BCUT2D eigenvalue weighted by Crippen LogP contribution is 2.43. The minimum atomic E-state index is -5.82. The number of nitrogens with one attached hydrogen (secondary N) is 1. The topological polar surface area (TPSA) is 81.1 Å². The predicted octanol–water partition coefficient (Wildman–Crippen LogP) is 2.22. The summed E-state index contributed by atoms with van der Waals surface area (Å²) in [5.74, 6) is -1.67. The molecule has 0 fully saturated rings. The first-order chi connectivity index (χ1) is 10.3. The number of nitrogen functional groups attached to an aromatic ring is 1. The van der Waals surface area contributed by atoms with Gasteiger partial charge in [0.05, 0.1) is 0 Å². The van der Waals surface area contributed by atoms with Gasteiger partial charge in [-0.2, -0.15) is 26.5 Å². The van der Waals surface area contributed by atoms with Gasteiger partial charge in [-0.3, -0.25) is 0 Å². The molecule has 2 heterocycles. The maximum atomic E-state index is 13.5. The minimum absolute atomic E-state index is 0.0814. The molecule has 0 bridgehead atoms. The summed E-state index contributed by atoms with van der Waals surface area (Å²) >= 11 is 0. The summed E-state index contributed by atoms with van der Waals surface area (Å²) in [4.78, 5) is 0. The van der Waals surface area contributed by atoms with Gasteiger partial charge in [-0.05, 0) is 0 Å². The van der Waals surface area contributed by atoms with E-state index in [9.17, 15) is 22.0 Å². The Balaban J connectivity index is 2.39. The quantitative estimate of drug-likeness (QED) is 0.430. The average Bonchev–Trinajstić information content (AvgIpc) is 2.89. The largest absolute Gasteiger partial charge is 0.461 e. The van der Waals surface area contributed by atoms with Crippen LogP contribution in [0.3, 0.4) is 0 Å². The maximum absolute atomic E-state index is 13.5. The number of nitrogens with zero attached hydrogens (tertiary/aromatic N) is 4. The van der Waals surface area contributed by atoms with Gasteiger partial charge >= 0.3 is 12.1 Å². The van der Waals surface area contributed by atoms with Crippen LogP contribution in [0.15, 0.2) is 24.3 Å². The number of hydrazine groups is 1. The molecule has 3 N–H and O–H groups in total. The molecule has 0 aliphatic carbocycles. The Labute approximate surface area is 118 Å². The Kier molecular flexibility index (Phi) is 2.92. The molecule has 0 saturated heterocycles. The highest BCUT2D eigenvalue weighted by Gasteiger charge is 2.62. The Hall–Kier alpha value is -2.56. The zero-order valence-electron chi connectivity index (χ0n) is 10.6. The number of benzene rings is 1. The summed E-state index contributed by atoms with van der Waals surface area (Å²) in [7, 11) is 0. The zero-order chi connectivity index (χ0) is 16.1. The standard InChI is InChI=1S/C11H7F5N6/c12-10(13,11(14,15)16)9-20-19-8-6-4-2-1-3-5(6)7(18-17)21-22(8)9/h1-4H,17H2,(H,18,21). The van der Waals surface area contributed by atoms with Crippen molar-refractivity contribution in [2.45, 2.75) is 12.1 Å². The molecular weight excluding hydrogens is 311 g/mol. The van der Waals surface area contributed by atoms with Crippen molar-refractivity contribution in [2.75, 3.05) is 5.43 Å². The van der Waals surface area contributed by atoms with Crippen LogP contribution in [-0.4, -0.2) is 26.0 Å². The lowest BCUT2D eigenvalue weighted by Crippen LogP contribution is -2.36. The van der Waals surface area contributed by atoms with E-state index >= 15 is 0 Å². The van der Waals surface area contributed by atoms with Crippen molar-refractivity contribution in [1.82, 2.24) is 19.8 Å². The van der Waals surface area contributed by atoms with Crippen LogP contribution in [-0.2, 0) is 5.92 Å². The molecule has 0 aliphatic rings. The molecule has 1 aromatic carbocycles. The molecule has 3 aromatic rings. The van der Waals surface area contributed by atoms with Gasteiger partial charge in [0.25, 0.3) is 0 Å². The number of rotatable bonds is 2. The van der Waals surface area contributed by atoms with Crippen LogP contribution in [0.4, 0.5) is 27.8 Å². The Bertz CT molecular complexity index is 855. The van der Waals surface area contributed by atoms with E-state index in [1.807, 2.05) is 0 Å². The highest BCUT2D eigenvalue weighted by atomic mass is 19.4. The van der Waals surface area contributed by atoms with Crippen LogP contribution >= 0.6 is 0 Å². The van der Waals surface area contributed by atoms with E-state index in [4.69, 9.17) is 5.84 Å². The van der Waals surface area contributed by atoms with Crippen LogP contribution < -0.4 is 11.3 Å². The van der Waals surface area contributed by atoms with E-state index in [2.05, 4.69) is 20.7 Å². The third-order valence-corrected chi connectivity index (χ3v) is 3.04. The molecule has 3 rings (SSSR count). The number of alkyl halides is 5. The fourth-order valence-corrected chi connectivity index (χ4v) is 2.01. The summed E-state index contributed by atoms with van der Waals surface area (Å²) < 4.78 is 64.9. The van der Waals surface area contributed by atoms with Crippen LogP contribution in [0.25, 0.3) is 16.4 Å². The van der Waals surface area contributed by atoms with Crippen molar-refractivity contribution in [3.8, 4) is 0 Å². The maximum Gasteiger partial charge on any atom is 0.461 e. The normalized spacial score (nSPS) is 13.0. The van der Waals surface area contributed by atoms with Gasteiger partial charge in [0, 0.05) is 10.8 Å². The number of nitrogens with two attached hydrogens (primary N) is 1. The van der Waals surface area contributed by atoms with Crippen molar-refractivity contribution in [3.63, 3.8) is 0 Å². The lowest BCUT2D eigenvalue weighted by Gasteiger charge is -2.17. The molecule has 22 heavy (non-hydrogen) atoms. The van der Waals surface area contributed by atoms with Crippen LogP contribution in [0.5, 0.6) is 0 Å². The first-order valence-corrected chi connectivity index (χ1v) is 5.83. The molecule has 11 heteroatoms. The molecule has 0 unspecified atom stereocenters. The molecular formula is C11H7F5N6. The number of hydrogen-bond donors (Lipinski definition) is 2. The molecule has 6 nitrogen and oxygen atoms in total. The van der Waals surface area contributed by atoms with Crippen LogP contribution in [0.1, 0.15) is 5.82 Å². The second-order valence-corrected chi connectivity index (χ2v) is 4.37. The first kappa shape index (κ1) is 14.4. The predicted molar refractivity (Wildman–Crippen MR) is 66.0 cm³/mol. The van der Waals surface area contributed by atoms with E-state index in [0.717, 1.165) is 0 Å². The monoisotopic (exact) mass is 318 g/mol. The molecule has 0 aliphatic heterocycles. The number of hydrogen-bond acceptors (Lipinski definition) is 5. The van der Waals surface area contributed by atoms with Crippen molar-refractivity contribution in [3.05, 3.63) is 30.1 Å². The number of aromatic nitrogens is 4. The summed E-state index contributed by atoms with van der Waals surface area (Å²) in [5, 5.41) is 10.7. The highest BCUT2D eigenvalue weighted by molar-refractivity contribution is 5.99. The number of halogens is 5. The Morgan fingerprint density at radius 3 is 2.23 bits per heavy atom. The third-order valence-electron chi connectivity index (χ3n) is 3.04. The molecule has 116 valence electrons. The van der Waals surface area contributed by atoms with Gasteiger partial charge in [0.1, 0.15) is 0 Å². The van der Waals surface area contributed by atoms with Crippen LogP contribution in [0, 0.1) is 0 Å². The van der Waals surface area contributed by atoms with Crippen LogP contribution in [0.2, 0.25) is 0 Å². The van der Waals surface area contributed by atoms with E-state index in [0.29, 0.717) is 9.90 Å². The Morgan fingerprint density at radius 1 is 1.00 bits per heavy atom. The fraction of sp³-hybridized carbons (Fsp3) is 0.182. The second kappa shape index (κ2) is 4.47. The number of anilines is 1. The summed E-state index contributed by atoms with van der Waals surface area (Å²) in [6, 6.07) is 6.24. The van der Waals surface area contributed by atoms with Gasteiger partial charge in [0.2, 0.25) is 5.82 Å². The summed E-state index contributed by atoms with van der Waals surface area (Å²) in [6.45, 7) is 0. The second-order valence-electron chi connectivity index (χ2n) is 4.37. The zero-order valence-corrected chi connectivity index (χ0v) is 10.6. The Morgan fingerprint density at radius 2 is 1.64 bits per heavy atom.